The summed E-state index contributed by atoms with van der Waals surface area (Å²) in [5.41, 5.74) is 0. The first-order valence-corrected chi connectivity index (χ1v) is 6.06. The number of hydrogen-bond acceptors (Lipinski definition) is 6. The lowest BCUT2D eigenvalue weighted by Crippen LogP contribution is -2.04. The molecule has 13 heavy (non-hydrogen) atoms. The van der Waals surface area contributed by atoms with Gasteiger partial charge in [-0.2, -0.15) is 5.10 Å². The molecular weight excluding hydrogens is 214 g/mol. The van der Waals surface area contributed by atoms with Crippen molar-refractivity contribution >= 4 is 21.9 Å². The molecule has 1 heterocycles. The first kappa shape index (κ1) is 10.5. The van der Waals surface area contributed by atoms with Crippen LogP contribution in [0.2, 0.25) is 0 Å². The Morgan fingerprint density at radius 1 is 1.62 bits per heavy atom. The maximum Gasteiger partial charge on any atom is 0.183 e. The van der Waals surface area contributed by atoms with E-state index in [-0.39, 0.29) is 5.75 Å². The van der Waals surface area contributed by atoms with E-state index < -0.39 is 10.1 Å². The van der Waals surface area contributed by atoms with Crippen LogP contribution in [0.1, 0.15) is 6.42 Å². The van der Waals surface area contributed by atoms with Gasteiger partial charge in [-0.25, -0.2) is 13.4 Å². The molecule has 1 rings (SSSR count). The second-order valence-corrected chi connectivity index (χ2v) is 4.86. The largest absolute Gasteiger partial charge is 0.748 e. The Morgan fingerprint density at radius 3 is 2.92 bits per heavy atom. The Bertz CT molecular complexity index is 334. The number of aromatic amines is 1. The fourth-order valence-electron chi connectivity index (χ4n) is 0.668. The molecule has 0 unspecified atom stereocenters. The number of H-pyrrole nitrogens is 1. The molecule has 74 valence electrons. The van der Waals surface area contributed by atoms with Crippen LogP contribution in [0.25, 0.3) is 0 Å². The van der Waals surface area contributed by atoms with Gasteiger partial charge in [-0.15, -0.1) is 0 Å². The van der Waals surface area contributed by atoms with Gasteiger partial charge in [0.05, 0.1) is 10.1 Å². The molecule has 0 radical (unpaired) electrons. The van der Waals surface area contributed by atoms with Crippen LogP contribution in [0.4, 0.5) is 0 Å². The van der Waals surface area contributed by atoms with Crippen LogP contribution in [0, 0.1) is 0 Å². The van der Waals surface area contributed by atoms with Crippen molar-refractivity contribution in [2.75, 3.05) is 11.5 Å². The van der Waals surface area contributed by atoms with Gasteiger partial charge in [-0.1, -0.05) is 11.8 Å². The molecule has 0 aliphatic carbocycles. The third kappa shape index (κ3) is 4.86. The van der Waals surface area contributed by atoms with Gasteiger partial charge in [0, 0.05) is 11.5 Å². The summed E-state index contributed by atoms with van der Waals surface area (Å²) in [6.45, 7) is 0. The minimum absolute atomic E-state index is 0.325. The van der Waals surface area contributed by atoms with E-state index in [4.69, 9.17) is 0 Å². The highest BCUT2D eigenvalue weighted by Gasteiger charge is 1.98. The quantitative estimate of drug-likeness (QED) is 0.422. The minimum Gasteiger partial charge on any atom is -0.748 e. The highest BCUT2D eigenvalue weighted by molar-refractivity contribution is 7.99. The lowest BCUT2D eigenvalue weighted by Gasteiger charge is -2.04. The SMILES string of the molecule is O=S(=O)([O-])CCCSc1ncn[nH]1. The van der Waals surface area contributed by atoms with E-state index in [1.165, 1.54) is 18.1 Å². The van der Waals surface area contributed by atoms with Gasteiger partial charge in [-0.3, -0.25) is 5.10 Å². The maximum atomic E-state index is 10.2. The second kappa shape index (κ2) is 4.58. The van der Waals surface area contributed by atoms with E-state index in [0.29, 0.717) is 17.3 Å². The van der Waals surface area contributed by atoms with Gasteiger partial charge in [-0.05, 0) is 6.42 Å². The van der Waals surface area contributed by atoms with E-state index in [0.717, 1.165) is 0 Å². The first-order valence-electron chi connectivity index (χ1n) is 3.50. The van der Waals surface area contributed by atoms with E-state index >= 15 is 0 Å². The van der Waals surface area contributed by atoms with Gasteiger partial charge in [0.1, 0.15) is 6.33 Å². The van der Waals surface area contributed by atoms with E-state index in [9.17, 15) is 13.0 Å². The monoisotopic (exact) mass is 222 g/mol. The number of nitrogens with zero attached hydrogens (tertiary/aromatic N) is 2. The summed E-state index contributed by atoms with van der Waals surface area (Å²) < 4.78 is 30.6. The lowest BCUT2D eigenvalue weighted by atomic mass is 10.6. The van der Waals surface area contributed by atoms with Crippen molar-refractivity contribution in [3.8, 4) is 0 Å². The summed E-state index contributed by atoms with van der Waals surface area (Å²) in [7, 11) is -4.07. The van der Waals surface area contributed by atoms with Gasteiger partial charge in [0.25, 0.3) is 0 Å². The molecule has 1 aromatic heterocycles. The van der Waals surface area contributed by atoms with Gasteiger partial charge < -0.3 is 4.55 Å². The topological polar surface area (TPSA) is 98.8 Å². The molecule has 0 saturated heterocycles. The van der Waals surface area contributed by atoms with Crippen LogP contribution in [0.15, 0.2) is 11.5 Å². The second-order valence-electron chi connectivity index (χ2n) is 2.25. The molecule has 1 N–H and O–H groups in total. The molecule has 0 atom stereocenters. The third-order valence-corrected chi connectivity index (χ3v) is 2.92. The zero-order valence-electron chi connectivity index (χ0n) is 6.63. The zero-order valence-corrected chi connectivity index (χ0v) is 8.27. The molecule has 1 aromatic rings. The van der Waals surface area contributed by atoms with Gasteiger partial charge in [0.15, 0.2) is 5.16 Å². The van der Waals surface area contributed by atoms with Crippen LogP contribution < -0.4 is 0 Å². The van der Waals surface area contributed by atoms with Crippen molar-refractivity contribution < 1.29 is 13.0 Å². The fourth-order valence-corrected chi connectivity index (χ4v) is 2.07. The predicted molar refractivity (Wildman–Crippen MR) is 46.3 cm³/mol. The Labute approximate surface area is 79.9 Å². The molecular formula is C5H8N3O3S2-. The summed E-state index contributed by atoms with van der Waals surface area (Å²) >= 11 is 1.34. The molecule has 0 bridgehead atoms. The molecule has 8 heteroatoms. The number of aromatic nitrogens is 3. The van der Waals surface area contributed by atoms with Crippen LogP contribution in [-0.4, -0.2) is 39.7 Å². The summed E-state index contributed by atoms with van der Waals surface area (Å²) in [6.07, 6.45) is 1.70. The molecule has 0 aliphatic heterocycles. The highest BCUT2D eigenvalue weighted by Crippen LogP contribution is 2.11. The summed E-state index contributed by atoms with van der Waals surface area (Å²) in [6, 6.07) is 0. The van der Waals surface area contributed by atoms with Crippen LogP contribution >= 0.6 is 11.8 Å². The fraction of sp³-hybridized carbons (Fsp3) is 0.600. The molecule has 0 fully saturated rings. The lowest BCUT2D eigenvalue weighted by molar-refractivity contribution is 0.462. The van der Waals surface area contributed by atoms with Crippen molar-refractivity contribution in [1.82, 2.24) is 15.2 Å². The number of rotatable bonds is 5. The average Bonchev–Trinajstić information content (AvgIpc) is 2.48. The van der Waals surface area contributed by atoms with E-state index in [1.54, 1.807) is 0 Å². The minimum atomic E-state index is -4.07. The van der Waals surface area contributed by atoms with Crippen LogP contribution in [0.3, 0.4) is 0 Å². The first-order chi connectivity index (χ1) is 6.08. The number of thioether (sulfide) groups is 1. The van der Waals surface area contributed by atoms with E-state index in [1.807, 2.05) is 0 Å². The normalized spacial score (nSPS) is 11.8. The number of hydrogen-bond donors (Lipinski definition) is 1. The molecule has 6 nitrogen and oxygen atoms in total. The molecule has 0 saturated carbocycles. The highest BCUT2D eigenvalue weighted by atomic mass is 32.2. The Balaban J connectivity index is 2.16. The van der Waals surface area contributed by atoms with Crippen molar-refractivity contribution in [2.45, 2.75) is 11.6 Å². The number of nitrogens with one attached hydrogen (secondary N) is 1. The Kier molecular flexibility index (Phi) is 3.70. The predicted octanol–water partition coefficient (Wildman–Crippen LogP) is -0.168. The Hall–Kier alpha value is -0.600. The summed E-state index contributed by atoms with van der Waals surface area (Å²) in [5.74, 6) is 0.213. The standard InChI is InChI=1S/C5H9N3O3S2/c9-13(10,11)3-1-2-12-5-6-4-7-8-5/h4H,1-3H2,(H,6,7,8)(H,9,10,11)/p-1. The molecule has 0 aromatic carbocycles. The molecule has 0 aliphatic rings. The van der Waals surface area contributed by atoms with Crippen molar-refractivity contribution in [3.63, 3.8) is 0 Å². The Morgan fingerprint density at radius 2 is 2.38 bits per heavy atom. The van der Waals surface area contributed by atoms with Crippen LogP contribution in [-0.2, 0) is 10.1 Å². The van der Waals surface area contributed by atoms with Crippen molar-refractivity contribution in [1.29, 1.82) is 0 Å². The van der Waals surface area contributed by atoms with Gasteiger partial charge >= 0.3 is 0 Å². The third-order valence-electron chi connectivity index (χ3n) is 1.17. The van der Waals surface area contributed by atoms with E-state index in [2.05, 4.69) is 15.2 Å². The van der Waals surface area contributed by atoms with Crippen molar-refractivity contribution in [2.24, 2.45) is 0 Å². The summed E-state index contributed by atoms with van der Waals surface area (Å²) in [5, 5.41) is 6.85. The average molecular weight is 222 g/mol. The van der Waals surface area contributed by atoms with Gasteiger partial charge in [0.2, 0.25) is 0 Å². The maximum absolute atomic E-state index is 10.2. The molecule has 0 amide bonds. The van der Waals surface area contributed by atoms with Crippen molar-refractivity contribution in [3.05, 3.63) is 6.33 Å². The molecule has 0 spiro atoms. The smallest absolute Gasteiger partial charge is 0.183 e. The zero-order chi connectivity index (χ0) is 9.73. The van der Waals surface area contributed by atoms with Crippen LogP contribution in [0.5, 0.6) is 0 Å². The summed E-state index contributed by atoms with van der Waals surface area (Å²) in [4.78, 5) is 3.82.